The minimum atomic E-state index is -3.73. The van der Waals surface area contributed by atoms with Gasteiger partial charge in [-0.05, 0) is 25.7 Å². The van der Waals surface area contributed by atoms with Crippen molar-refractivity contribution in [1.29, 1.82) is 0 Å². The van der Waals surface area contributed by atoms with Crippen LogP contribution in [-0.4, -0.2) is 66.0 Å². The van der Waals surface area contributed by atoms with Crippen LogP contribution in [0.3, 0.4) is 0 Å². The smallest absolute Gasteiger partial charge is 0.323 e. The Kier molecular flexibility index (Phi) is 12.5. The number of hydrogen-bond acceptors (Lipinski definition) is 8. The Labute approximate surface area is 213 Å². The summed E-state index contributed by atoms with van der Waals surface area (Å²) in [6.45, 7) is 10.8. The van der Waals surface area contributed by atoms with E-state index in [0.29, 0.717) is 26.2 Å². The molecule has 1 aromatic rings. The fraction of sp³-hybridized carbons (Fsp3) is 0.864. The van der Waals surface area contributed by atoms with Crippen LogP contribution in [0.25, 0.3) is 0 Å². The van der Waals surface area contributed by atoms with Gasteiger partial charge in [-0.2, -0.15) is 0 Å². The van der Waals surface area contributed by atoms with Crippen molar-refractivity contribution in [1.82, 2.24) is 19.8 Å². The first-order chi connectivity index (χ1) is 16.2. The molecule has 0 spiro atoms. The minimum absolute atomic E-state index is 0.0954. The molecule has 1 aromatic heterocycles. The number of carbonyl (C=O) groups is 1. The molecule has 1 unspecified atom stereocenters. The number of ether oxygens (including phenoxy) is 1. The number of rotatable bonds is 14. The van der Waals surface area contributed by atoms with Crippen LogP contribution in [0.4, 0.5) is 9.93 Å². The number of carbonyl (C=O) groups excluding carboxylic acids is 1. The first-order valence-corrected chi connectivity index (χ1v) is 15.5. The standard InChI is InChI=1S/C22H41N5O4S3/c1-5-7-9-11-15-27(17-18-31-16-12-13-22(3,4)33-18)20(28)24-19-25-26-21(32-19)34(29,30)23-14-10-8-6-2/h18,23H,5-17H2,1-4H3,(H,24,25,28). The number of aromatic nitrogens is 2. The molecular weight excluding hydrogens is 494 g/mol. The molecule has 0 saturated carbocycles. The van der Waals surface area contributed by atoms with Crippen molar-refractivity contribution in [2.75, 3.05) is 31.6 Å². The van der Waals surface area contributed by atoms with Crippen molar-refractivity contribution in [3.8, 4) is 0 Å². The van der Waals surface area contributed by atoms with E-state index in [0.717, 1.165) is 69.1 Å². The Morgan fingerprint density at radius 1 is 1.15 bits per heavy atom. The van der Waals surface area contributed by atoms with Gasteiger partial charge >= 0.3 is 6.03 Å². The molecule has 1 aliphatic rings. The molecule has 0 radical (unpaired) electrons. The zero-order valence-electron chi connectivity index (χ0n) is 21.0. The van der Waals surface area contributed by atoms with Crippen LogP contribution in [0.1, 0.15) is 85.5 Å². The molecule has 9 nitrogen and oxygen atoms in total. The van der Waals surface area contributed by atoms with Gasteiger partial charge in [0.05, 0.1) is 6.54 Å². The monoisotopic (exact) mass is 535 g/mol. The summed E-state index contributed by atoms with van der Waals surface area (Å²) in [5, 5.41) is 10.6. The number of amides is 2. The third-order valence-corrected chi connectivity index (χ3v) is 9.60. The van der Waals surface area contributed by atoms with Crippen LogP contribution in [0.5, 0.6) is 0 Å². The molecule has 2 N–H and O–H groups in total. The molecule has 196 valence electrons. The third-order valence-electron chi connectivity index (χ3n) is 5.54. The summed E-state index contributed by atoms with van der Waals surface area (Å²) in [5.74, 6) is 0. The Morgan fingerprint density at radius 2 is 1.88 bits per heavy atom. The highest BCUT2D eigenvalue weighted by atomic mass is 32.2. The lowest BCUT2D eigenvalue weighted by molar-refractivity contribution is 0.0905. The van der Waals surface area contributed by atoms with Gasteiger partial charge in [-0.25, -0.2) is 17.9 Å². The second-order valence-corrected chi connectivity index (χ2v) is 14.0. The molecule has 2 heterocycles. The Hall–Kier alpha value is -0.950. The first kappa shape index (κ1) is 29.3. The fourth-order valence-electron chi connectivity index (χ4n) is 3.62. The van der Waals surface area contributed by atoms with Gasteiger partial charge in [-0.15, -0.1) is 22.0 Å². The summed E-state index contributed by atoms with van der Waals surface area (Å²) < 4.78 is 33.4. The summed E-state index contributed by atoms with van der Waals surface area (Å²) in [4.78, 5) is 14.9. The zero-order valence-corrected chi connectivity index (χ0v) is 23.4. The van der Waals surface area contributed by atoms with Crippen LogP contribution >= 0.6 is 23.1 Å². The topological polar surface area (TPSA) is 114 Å². The molecule has 12 heteroatoms. The maximum absolute atomic E-state index is 13.1. The van der Waals surface area contributed by atoms with Crippen molar-refractivity contribution in [3.63, 3.8) is 0 Å². The minimum Gasteiger partial charge on any atom is -0.366 e. The predicted octanol–water partition coefficient (Wildman–Crippen LogP) is 5.07. The highest BCUT2D eigenvalue weighted by molar-refractivity contribution is 8.01. The molecule has 34 heavy (non-hydrogen) atoms. The number of nitrogens with one attached hydrogen (secondary N) is 2. The lowest BCUT2D eigenvalue weighted by Gasteiger charge is -2.30. The fourth-order valence-corrected chi connectivity index (χ4v) is 7.02. The summed E-state index contributed by atoms with van der Waals surface area (Å²) in [5.41, 5.74) is -0.105. The van der Waals surface area contributed by atoms with E-state index in [-0.39, 0.29) is 25.7 Å². The van der Waals surface area contributed by atoms with Crippen LogP contribution < -0.4 is 10.0 Å². The Morgan fingerprint density at radius 3 is 2.62 bits per heavy atom. The van der Waals surface area contributed by atoms with E-state index in [1.54, 1.807) is 16.7 Å². The third kappa shape index (κ3) is 10.3. The molecule has 0 aliphatic carbocycles. The molecule has 0 aromatic carbocycles. The number of unbranched alkanes of at least 4 members (excludes halogenated alkanes) is 5. The summed E-state index contributed by atoms with van der Waals surface area (Å²) in [6, 6.07) is -0.307. The van der Waals surface area contributed by atoms with E-state index in [9.17, 15) is 13.2 Å². The van der Waals surface area contributed by atoms with Gasteiger partial charge in [0.1, 0.15) is 5.44 Å². The zero-order chi connectivity index (χ0) is 25.0. The molecule has 1 fully saturated rings. The molecule has 1 saturated heterocycles. The normalized spacial score (nSPS) is 18.4. The number of sulfonamides is 1. The van der Waals surface area contributed by atoms with Gasteiger partial charge in [-0.1, -0.05) is 71.1 Å². The van der Waals surface area contributed by atoms with Gasteiger partial charge in [0.25, 0.3) is 10.0 Å². The van der Waals surface area contributed by atoms with Gasteiger partial charge in [-0.3, -0.25) is 5.32 Å². The average molecular weight is 536 g/mol. The molecule has 2 amide bonds. The highest BCUT2D eigenvalue weighted by Crippen LogP contribution is 2.36. The number of thioether (sulfide) groups is 1. The molecule has 1 atom stereocenters. The van der Waals surface area contributed by atoms with E-state index < -0.39 is 10.0 Å². The summed E-state index contributed by atoms with van der Waals surface area (Å²) >= 11 is 2.63. The second-order valence-electron chi connectivity index (χ2n) is 9.20. The first-order valence-electron chi connectivity index (χ1n) is 12.4. The highest BCUT2D eigenvalue weighted by Gasteiger charge is 2.30. The van der Waals surface area contributed by atoms with Crippen molar-refractivity contribution >= 4 is 44.3 Å². The maximum Gasteiger partial charge on any atom is 0.323 e. The number of hydrogen-bond donors (Lipinski definition) is 2. The van der Waals surface area contributed by atoms with Crippen LogP contribution in [0.15, 0.2) is 4.34 Å². The maximum atomic E-state index is 13.1. The van der Waals surface area contributed by atoms with Crippen LogP contribution in [0, 0.1) is 0 Å². The van der Waals surface area contributed by atoms with Crippen molar-refractivity contribution in [2.24, 2.45) is 0 Å². The van der Waals surface area contributed by atoms with Gasteiger partial charge < -0.3 is 9.64 Å². The van der Waals surface area contributed by atoms with Crippen molar-refractivity contribution in [3.05, 3.63) is 0 Å². The van der Waals surface area contributed by atoms with Crippen LogP contribution in [-0.2, 0) is 14.8 Å². The molecule has 0 bridgehead atoms. The molecule has 1 aliphatic heterocycles. The second kappa shape index (κ2) is 14.6. The number of nitrogens with zero attached hydrogens (tertiary/aromatic N) is 3. The van der Waals surface area contributed by atoms with Crippen LogP contribution in [0.2, 0.25) is 0 Å². The predicted molar refractivity (Wildman–Crippen MR) is 140 cm³/mol. The van der Waals surface area contributed by atoms with Gasteiger partial charge in [0.15, 0.2) is 0 Å². The van der Waals surface area contributed by atoms with E-state index in [2.05, 4.69) is 47.9 Å². The van der Waals surface area contributed by atoms with Gasteiger partial charge in [0.2, 0.25) is 9.47 Å². The van der Waals surface area contributed by atoms with E-state index >= 15 is 0 Å². The molecular formula is C22H41N5O4S3. The summed E-state index contributed by atoms with van der Waals surface area (Å²) in [7, 11) is -3.73. The van der Waals surface area contributed by atoms with Crippen molar-refractivity contribution in [2.45, 2.75) is 100 Å². The van der Waals surface area contributed by atoms with E-state index in [1.165, 1.54) is 0 Å². The van der Waals surface area contributed by atoms with E-state index in [1.807, 2.05) is 0 Å². The Bertz CT molecular complexity index is 847. The summed E-state index contributed by atoms with van der Waals surface area (Å²) in [6.07, 6.45) is 9.01. The largest absolute Gasteiger partial charge is 0.366 e. The Balaban J connectivity index is 2.02. The lowest BCUT2D eigenvalue weighted by Crippen LogP contribution is -2.41. The van der Waals surface area contributed by atoms with E-state index in [4.69, 9.17) is 4.74 Å². The number of urea groups is 1. The van der Waals surface area contributed by atoms with Gasteiger partial charge in [0, 0.05) is 24.4 Å². The SMILES string of the molecule is CCCCCCN(CC1OCCCC(C)(C)S1)C(=O)Nc1nnc(S(=O)(=O)NCCCCC)s1. The quantitative estimate of drug-likeness (QED) is 0.253. The molecule has 2 rings (SSSR count). The average Bonchev–Trinajstić information content (AvgIpc) is 3.18. The lowest BCUT2D eigenvalue weighted by atomic mass is 10.1. The number of anilines is 1. The van der Waals surface area contributed by atoms with Crippen molar-refractivity contribution < 1.29 is 17.9 Å².